The van der Waals surface area contributed by atoms with Gasteiger partial charge < -0.3 is 10.7 Å². The minimum atomic E-state index is -0.340. The van der Waals surface area contributed by atoms with E-state index >= 15 is 0 Å². The number of carbonyl (C=O) groups is 1. The summed E-state index contributed by atoms with van der Waals surface area (Å²) in [6.07, 6.45) is 5.10. The Morgan fingerprint density at radius 3 is 3.04 bits per heavy atom. The molecule has 5 atom stereocenters. The average Bonchev–Trinajstić information content (AvgIpc) is 2.92. The Hall–Kier alpha value is -1.81. The first-order valence-corrected chi connectivity index (χ1v) is 9.34. The van der Waals surface area contributed by atoms with Gasteiger partial charge in [-0.15, -0.1) is 0 Å². The van der Waals surface area contributed by atoms with Crippen LogP contribution >= 0.6 is 0 Å². The van der Waals surface area contributed by atoms with Crippen LogP contribution in [-0.4, -0.2) is 34.9 Å². The second kappa shape index (κ2) is 5.09. The van der Waals surface area contributed by atoms with Crippen molar-refractivity contribution < 1.29 is 4.79 Å². The molecule has 1 aromatic carbocycles. The number of rotatable bonds is 2. The van der Waals surface area contributed by atoms with Gasteiger partial charge in [0, 0.05) is 47.2 Å². The van der Waals surface area contributed by atoms with Crippen molar-refractivity contribution in [2.75, 3.05) is 13.1 Å². The molecule has 1 aliphatic carbocycles. The molecule has 6 rings (SSSR count). The predicted octanol–water partition coefficient (Wildman–Crippen LogP) is 3.03. The van der Waals surface area contributed by atoms with Gasteiger partial charge in [0.2, 0.25) is 5.91 Å². The summed E-state index contributed by atoms with van der Waals surface area (Å²) in [5.74, 6) is 1.97. The number of nitrogens with two attached hydrogens (primary N) is 1. The third-order valence-electron chi connectivity index (χ3n) is 6.80. The Balaban J connectivity index is 1.67. The van der Waals surface area contributed by atoms with Crippen LogP contribution < -0.4 is 5.73 Å². The highest BCUT2D eigenvalue weighted by atomic mass is 16.1. The molecule has 4 bridgehead atoms. The van der Waals surface area contributed by atoms with Crippen molar-refractivity contribution in [1.29, 1.82) is 0 Å². The van der Waals surface area contributed by atoms with Gasteiger partial charge in [0.25, 0.3) is 0 Å². The summed E-state index contributed by atoms with van der Waals surface area (Å²) in [4.78, 5) is 18.1. The lowest BCUT2D eigenvalue weighted by Crippen LogP contribution is -2.56. The normalized spacial score (nSPS) is 34.1. The molecule has 4 heterocycles. The van der Waals surface area contributed by atoms with E-state index in [1.54, 1.807) is 0 Å². The van der Waals surface area contributed by atoms with Gasteiger partial charge >= 0.3 is 0 Å². The fraction of sp³-hybridized carbons (Fsp3) is 0.550. The predicted molar refractivity (Wildman–Crippen MR) is 95.1 cm³/mol. The van der Waals surface area contributed by atoms with E-state index in [9.17, 15) is 4.79 Å². The lowest BCUT2D eigenvalue weighted by molar-refractivity contribution is -0.0134. The van der Waals surface area contributed by atoms with Gasteiger partial charge in [0.05, 0.1) is 0 Å². The maximum absolute atomic E-state index is 11.6. The molecule has 3 N–H and O–H groups in total. The molecule has 126 valence electrons. The number of aromatic amines is 1. The number of primary amides is 1. The van der Waals surface area contributed by atoms with Gasteiger partial charge in [-0.3, -0.25) is 9.69 Å². The Bertz CT molecular complexity index is 824. The Morgan fingerprint density at radius 1 is 1.38 bits per heavy atom. The first kappa shape index (κ1) is 14.5. The molecule has 3 aliphatic heterocycles. The van der Waals surface area contributed by atoms with Gasteiger partial charge in [0.15, 0.2) is 0 Å². The number of nitrogens with one attached hydrogen (secondary N) is 1. The summed E-state index contributed by atoms with van der Waals surface area (Å²) >= 11 is 0. The van der Waals surface area contributed by atoms with Crippen molar-refractivity contribution in [3.05, 3.63) is 35.0 Å². The third kappa shape index (κ3) is 1.92. The average molecular weight is 323 g/mol. The number of carbonyl (C=O) groups excluding carboxylic acids is 1. The first-order chi connectivity index (χ1) is 11.7. The summed E-state index contributed by atoms with van der Waals surface area (Å²) in [7, 11) is 0. The maximum atomic E-state index is 11.6. The van der Waals surface area contributed by atoms with Crippen LogP contribution in [0.5, 0.6) is 0 Å². The van der Waals surface area contributed by atoms with Crippen LogP contribution in [0.15, 0.2) is 18.2 Å². The standard InChI is InChI=1S/C20H25N3O/c1-2-12-7-11-8-16-18-14(5-6-23(10-11)19(12)16)15-9-13(20(21)24)3-4-17(15)22-18/h3-4,9,11-12,16,19,22H,2,5-8,10H2,1H3,(H2,21,24). The summed E-state index contributed by atoms with van der Waals surface area (Å²) in [6.45, 7) is 4.78. The van der Waals surface area contributed by atoms with Crippen LogP contribution in [0.25, 0.3) is 10.9 Å². The summed E-state index contributed by atoms with van der Waals surface area (Å²) in [6, 6.07) is 6.56. The van der Waals surface area contributed by atoms with E-state index in [0.29, 0.717) is 17.5 Å². The lowest BCUT2D eigenvalue weighted by Gasteiger charge is -2.53. The molecule has 4 nitrogen and oxygen atoms in total. The Morgan fingerprint density at radius 2 is 2.25 bits per heavy atom. The van der Waals surface area contributed by atoms with Crippen molar-refractivity contribution in [3.63, 3.8) is 0 Å². The molecule has 24 heavy (non-hydrogen) atoms. The summed E-state index contributed by atoms with van der Waals surface area (Å²) in [5, 5.41) is 1.21. The topological polar surface area (TPSA) is 62.1 Å². The van der Waals surface area contributed by atoms with E-state index in [0.717, 1.165) is 30.3 Å². The minimum absolute atomic E-state index is 0.340. The number of fused-ring (bicyclic) bond motifs is 4. The van der Waals surface area contributed by atoms with E-state index in [4.69, 9.17) is 5.73 Å². The second-order valence-corrected chi connectivity index (χ2v) is 7.99. The number of benzene rings is 1. The third-order valence-corrected chi connectivity index (χ3v) is 6.80. The number of hydrogen-bond acceptors (Lipinski definition) is 2. The van der Waals surface area contributed by atoms with Gasteiger partial charge in [0.1, 0.15) is 0 Å². The largest absolute Gasteiger partial charge is 0.366 e. The van der Waals surface area contributed by atoms with Crippen molar-refractivity contribution in [2.45, 2.75) is 44.6 Å². The van der Waals surface area contributed by atoms with E-state index in [2.05, 4.69) is 16.8 Å². The Kier molecular flexibility index (Phi) is 3.08. The van der Waals surface area contributed by atoms with Crippen molar-refractivity contribution >= 4 is 16.8 Å². The maximum Gasteiger partial charge on any atom is 0.248 e. The van der Waals surface area contributed by atoms with Crippen LogP contribution in [0, 0.1) is 11.8 Å². The highest BCUT2D eigenvalue weighted by Crippen LogP contribution is 2.51. The van der Waals surface area contributed by atoms with Gasteiger partial charge in [-0.2, -0.15) is 0 Å². The molecular formula is C20H25N3O. The molecular weight excluding hydrogens is 298 g/mol. The molecule has 0 radical (unpaired) electrons. The molecule has 1 aromatic heterocycles. The zero-order valence-electron chi connectivity index (χ0n) is 14.2. The van der Waals surface area contributed by atoms with E-state index in [1.807, 2.05) is 18.2 Å². The van der Waals surface area contributed by atoms with Crippen LogP contribution in [0.3, 0.4) is 0 Å². The monoisotopic (exact) mass is 323 g/mol. The smallest absolute Gasteiger partial charge is 0.248 e. The zero-order chi connectivity index (χ0) is 16.4. The summed E-state index contributed by atoms with van der Waals surface area (Å²) < 4.78 is 0. The van der Waals surface area contributed by atoms with Crippen LogP contribution in [0.4, 0.5) is 0 Å². The van der Waals surface area contributed by atoms with Crippen LogP contribution in [-0.2, 0) is 6.42 Å². The summed E-state index contributed by atoms with van der Waals surface area (Å²) in [5.41, 5.74) is 10.1. The van der Waals surface area contributed by atoms with E-state index in [1.165, 1.54) is 42.5 Å². The van der Waals surface area contributed by atoms with E-state index in [-0.39, 0.29) is 5.91 Å². The van der Waals surface area contributed by atoms with E-state index < -0.39 is 0 Å². The van der Waals surface area contributed by atoms with Crippen LogP contribution in [0.2, 0.25) is 0 Å². The molecule has 5 unspecified atom stereocenters. The number of piperidine rings is 2. The quantitative estimate of drug-likeness (QED) is 0.892. The van der Waals surface area contributed by atoms with Gasteiger partial charge in [-0.1, -0.05) is 13.3 Å². The molecule has 3 fully saturated rings. The molecule has 4 aliphatic rings. The Labute approximate surface area is 142 Å². The van der Waals surface area contributed by atoms with Crippen LogP contribution in [0.1, 0.15) is 53.7 Å². The molecule has 1 saturated carbocycles. The second-order valence-electron chi connectivity index (χ2n) is 7.99. The van der Waals surface area contributed by atoms with Gasteiger partial charge in [-0.25, -0.2) is 0 Å². The van der Waals surface area contributed by atoms with Crippen molar-refractivity contribution in [3.8, 4) is 0 Å². The van der Waals surface area contributed by atoms with Crippen molar-refractivity contribution in [2.24, 2.45) is 17.6 Å². The highest BCUT2D eigenvalue weighted by Gasteiger charge is 2.48. The number of nitrogens with zero attached hydrogens (tertiary/aromatic N) is 1. The lowest BCUT2D eigenvalue weighted by atomic mass is 9.65. The fourth-order valence-corrected chi connectivity index (χ4v) is 5.85. The molecule has 2 aromatic rings. The number of hydrogen-bond donors (Lipinski definition) is 2. The van der Waals surface area contributed by atoms with Gasteiger partial charge in [-0.05, 0) is 54.9 Å². The molecule has 1 amide bonds. The fourth-order valence-electron chi connectivity index (χ4n) is 5.85. The SMILES string of the molecule is CCC1CC2CC3c4[nH]c5ccc(C(N)=O)cc5c4CCN(C2)C13. The minimum Gasteiger partial charge on any atom is -0.366 e. The molecule has 0 spiro atoms. The number of amides is 1. The number of aromatic nitrogens is 1. The van der Waals surface area contributed by atoms with Crippen molar-refractivity contribution in [1.82, 2.24) is 9.88 Å². The zero-order valence-corrected chi connectivity index (χ0v) is 14.2. The number of H-pyrrole nitrogens is 1. The highest BCUT2D eigenvalue weighted by molar-refractivity contribution is 5.98. The molecule has 2 saturated heterocycles. The molecule has 4 heteroatoms. The first-order valence-electron chi connectivity index (χ1n) is 9.34.